The van der Waals surface area contributed by atoms with Crippen LogP contribution in [-0.2, 0) is 29.1 Å². The third-order valence-electron chi connectivity index (χ3n) is 12.2. The molecule has 8 rings (SSSR count). The molecule has 3 N–H and O–H groups in total. The van der Waals surface area contributed by atoms with E-state index < -0.39 is 62.8 Å². The number of ether oxygens (including phenoxy) is 3. The van der Waals surface area contributed by atoms with Gasteiger partial charge in [-0.1, -0.05) is 56.0 Å². The second-order valence-corrected chi connectivity index (χ2v) is 18.2. The van der Waals surface area contributed by atoms with Gasteiger partial charge in [0.25, 0.3) is 5.91 Å². The topological polar surface area (TPSA) is 182 Å². The van der Waals surface area contributed by atoms with Crippen LogP contribution in [0, 0.1) is 5.92 Å². The highest BCUT2D eigenvalue weighted by atomic mass is 32.2. The summed E-state index contributed by atoms with van der Waals surface area (Å²) in [4.78, 5) is 62.5. The van der Waals surface area contributed by atoms with Crippen molar-refractivity contribution in [2.24, 2.45) is 5.92 Å². The molecule has 14 nitrogen and oxygen atoms in total. The molecule has 0 spiro atoms. The van der Waals surface area contributed by atoms with Crippen molar-refractivity contribution in [1.82, 2.24) is 25.2 Å². The van der Waals surface area contributed by atoms with Crippen LogP contribution in [0.5, 0.6) is 11.5 Å². The third-order valence-corrected chi connectivity index (χ3v) is 14.0. The molecule has 0 bridgehead atoms. The zero-order valence-electron chi connectivity index (χ0n) is 32.2. The lowest BCUT2D eigenvalue weighted by molar-refractivity contribution is -0.141. The van der Waals surface area contributed by atoms with Crippen molar-refractivity contribution >= 4 is 44.7 Å². The number of carbonyl (C=O) groups excluding carboxylic acids is 4. The van der Waals surface area contributed by atoms with Crippen LogP contribution in [0.3, 0.4) is 0 Å². The maximum atomic E-state index is 14.6. The van der Waals surface area contributed by atoms with Crippen LogP contribution in [0.2, 0.25) is 0 Å². The van der Waals surface area contributed by atoms with Gasteiger partial charge in [-0.2, -0.15) is 0 Å². The first kappa shape index (κ1) is 38.9. The van der Waals surface area contributed by atoms with Gasteiger partial charge in [-0.05, 0) is 75.8 Å². The number of pyridine rings is 1. The highest BCUT2D eigenvalue weighted by Crippen LogP contribution is 2.48. The van der Waals surface area contributed by atoms with Crippen LogP contribution in [0.1, 0.15) is 89.9 Å². The maximum absolute atomic E-state index is 14.6. The Morgan fingerprint density at radius 1 is 0.895 bits per heavy atom. The summed E-state index contributed by atoms with van der Waals surface area (Å²) in [5.41, 5.74) is 0.755. The molecule has 15 heteroatoms. The first-order valence-electron chi connectivity index (χ1n) is 20.4. The average molecular weight is 802 g/mol. The van der Waals surface area contributed by atoms with Crippen LogP contribution in [0.4, 0.5) is 4.79 Å². The lowest BCUT2D eigenvalue weighted by Crippen LogP contribution is -2.58. The summed E-state index contributed by atoms with van der Waals surface area (Å²) in [6.07, 6.45) is 7.36. The number of hydrogen-bond donors (Lipinski definition) is 3. The largest absolute Gasteiger partial charge is 0.497 e. The number of benzene rings is 2. The van der Waals surface area contributed by atoms with Crippen molar-refractivity contribution in [3.05, 3.63) is 54.6 Å². The van der Waals surface area contributed by atoms with Crippen LogP contribution >= 0.6 is 0 Å². The second kappa shape index (κ2) is 16.1. The standard InChI is InChI=1S/C42H51N5O9S/c1-54-29-17-20-32-35(21-29)43-34(26-11-5-4-6-12-26)23-37(32)55-30-22-36-38(48)45-42(40(50)46-57(52,53)31-18-19-31)24-27(42)13-7-2-3-8-16-33(39(49)47(36)25-30)44-41(51)56-28-14-9-10-15-28/h4-6,11-12,17,20-21,23,27-28,30-31,33,36H,2-3,7-10,13-16,18-19,22,24-25H2,1H3,(H,44,51)(H,45,48)(H,46,50)/t27?,30-,33+,36+,42-/m1/s1. The summed E-state index contributed by atoms with van der Waals surface area (Å²) in [5, 5.41) is 5.89. The van der Waals surface area contributed by atoms with E-state index in [1.165, 1.54) is 4.90 Å². The van der Waals surface area contributed by atoms with Crippen LogP contribution in [-0.4, -0.2) is 90.9 Å². The van der Waals surface area contributed by atoms with E-state index >= 15 is 0 Å². The SMILES string of the molecule is COc1ccc2c(O[C@@H]3C[C@H]4C(=O)N[C@]5(C(=O)NS(=O)(=O)C6CC6)CC5CCCCCC[C@H](NC(=O)OC5CCCC5)C(=O)N4C3)cc(-c3ccccc3)nc2c1. The van der Waals surface area contributed by atoms with E-state index in [4.69, 9.17) is 19.2 Å². The minimum absolute atomic E-state index is 0.0199. The van der Waals surface area contributed by atoms with E-state index in [2.05, 4.69) is 15.4 Å². The lowest BCUT2D eigenvalue weighted by atomic mass is 10.0. The zero-order chi connectivity index (χ0) is 39.7. The molecule has 304 valence electrons. The number of amides is 4. The van der Waals surface area contributed by atoms with Gasteiger partial charge in [0, 0.05) is 29.5 Å². The Labute approximate surface area is 332 Å². The van der Waals surface area contributed by atoms with Crippen molar-refractivity contribution in [3.8, 4) is 22.8 Å². The van der Waals surface area contributed by atoms with Crippen molar-refractivity contribution < 1.29 is 41.8 Å². The number of rotatable bonds is 9. The third kappa shape index (κ3) is 8.53. The maximum Gasteiger partial charge on any atom is 0.408 e. The molecule has 5 atom stereocenters. The van der Waals surface area contributed by atoms with E-state index in [0.29, 0.717) is 66.6 Å². The first-order chi connectivity index (χ1) is 27.5. The molecule has 4 amide bonds. The second-order valence-electron chi connectivity index (χ2n) is 16.3. The Balaban J connectivity index is 1.11. The van der Waals surface area contributed by atoms with E-state index in [1.54, 1.807) is 7.11 Å². The smallest absolute Gasteiger partial charge is 0.408 e. The number of fused-ring (bicyclic) bond motifs is 3. The summed E-state index contributed by atoms with van der Waals surface area (Å²) < 4.78 is 46.0. The summed E-state index contributed by atoms with van der Waals surface area (Å²) in [5.74, 6) is -0.870. The van der Waals surface area contributed by atoms with Crippen molar-refractivity contribution in [3.63, 3.8) is 0 Å². The van der Waals surface area contributed by atoms with E-state index in [0.717, 1.165) is 50.5 Å². The van der Waals surface area contributed by atoms with Gasteiger partial charge in [-0.25, -0.2) is 18.2 Å². The molecule has 0 radical (unpaired) electrons. The van der Waals surface area contributed by atoms with Crippen molar-refractivity contribution in [1.29, 1.82) is 0 Å². The molecular weight excluding hydrogens is 751 g/mol. The molecule has 2 aromatic carbocycles. The number of nitrogens with zero attached hydrogens (tertiary/aromatic N) is 2. The number of aromatic nitrogens is 1. The van der Waals surface area contributed by atoms with Crippen molar-refractivity contribution in [2.75, 3.05) is 13.7 Å². The van der Waals surface area contributed by atoms with Gasteiger partial charge in [0.05, 0.1) is 30.1 Å². The Kier molecular flexibility index (Phi) is 11.0. The number of sulfonamides is 1. The van der Waals surface area contributed by atoms with Gasteiger partial charge >= 0.3 is 6.09 Å². The molecule has 3 saturated carbocycles. The molecule has 5 fully saturated rings. The summed E-state index contributed by atoms with van der Waals surface area (Å²) in [6, 6.07) is 15.0. The molecule has 2 saturated heterocycles. The molecule has 1 unspecified atom stereocenters. The predicted molar refractivity (Wildman–Crippen MR) is 211 cm³/mol. The lowest BCUT2D eigenvalue weighted by Gasteiger charge is -2.30. The highest BCUT2D eigenvalue weighted by Gasteiger charge is 2.62. The van der Waals surface area contributed by atoms with Gasteiger partial charge < -0.3 is 29.7 Å². The molecule has 3 aliphatic carbocycles. The predicted octanol–water partition coefficient (Wildman–Crippen LogP) is 5.13. The quantitative estimate of drug-likeness (QED) is 0.262. The molecule has 2 aliphatic heterocycles. The highest BCUT2D eigenvalue weighted by molar-refractivity contribution is 7.91. The van der Waals surface area contributed by atoms with Gasteiger partial charge in [0.15, 0.2) is 0 Å². The molecule has 57 heavy (non-hydrogen) atoms. The average Bonchev–Trinajstić information content (AvgIpc) is 4.08. The van der Waals surface area contributed by atoms with E-state index in [1.807, 2.05) is 54.6 Å². The number of methoxy groups -OCH3 is 1. The Hall–Kier alpha value is -4.92. The number of alkyl carbamates (subject to hydrolysis) is 1. The molecular formula is C42H51N5O9S. The number of hydrogen-bond acceptors (Lipinski definition) is 10. The van der Waals surface area contributed by atoms with Crippen LogP contribution in [0.15, 0.2) is 54.6 Å². The summed E-state index contributed by atoms with van der Waals surface area (Å²) in [6.45, 7) is 0.0199. The Morgan fingerprint density at radius 2 is 1.63 bits per heavy atom. The van der Waals surface area contributed by atoms with Crippen LogP contribution < -0.4 is 24.8 Å². The Bertz CT molecular complexity index is 2120. The van der Waals surface area contributed by atoms with Gasteiger partial charge in [-0.3, -0.25) is 19.1 Å². The van der Waals surface area contributed by atoms with Crippen LogP contribution in [0.25, 0.3) is 22.2 Å². The summed E-state index contributed by atoms with van der Waals surface area (Å²) >= 11 is 0. The minimum atomic E-state index is -3.87. The molecule has 5 aliphatic rings. The number of nitrogens with one attached hydrogen (secondary N) is 3. The van der Waals surface area contributed by atoms with Gasteiger partial charge in [-0.15, -0.1) is 0 Å². The van der Waals surface area contributed by atoms with Gasteiger partial charge in [0.2, 0.25) is 21.8 Å². The fraction of sp³-hybridized carbons (Fsp3) is 0.548. The zero-order valence-corrected chi connectivity index (χ0v) is 33.1. The fourth-order valence-electron chi connectivity index (χ4n) is 8.75. The first-order valence-corrected chi connectivity index (χ1v) is 21.9. The normalized spacial score (nSPS) is 27.1. The number of carbonyl (C=O) groups is 4. The minimum Gasteiger partial charge on any atom is -0.497 e. The van der Waals surface area contributed by atoms with Crippen molar-refractivity contribution in [2.45, 2.75) is 125 Å². The van der Waals surface area contributed by atoms with Gasteiger partial charge in [0.1, 0.15) is 41.3 Å². The fourth-order valence-corrected chi connectivity index (χ4v) is 10.1. The Morgan fingerprint density at radius 3 is 2.37 bits per heavy atom. The van der Waals surface area contributed by atoms with E-state index in [-0.39, 0.29) is 25.0 Å². The molecule has 3 heterocycles. The molecule has 3 aromatic rings. The molecule has 1 aromatic heterocycles. The summed E-state index contributed by atoms with van der Waals surface area (Å²) in [7, 11) is -2.29. The van der Waals surface area contributed by atoms with E-state index in [9.17, 15) is 27.6 Å². The monoisotopic (exact) mass is 801 g/mol.